The summed E-state index contributed by atoms with van der Waals surface area (Å²) >= 11 is 0. The Bertz CT molecular complexity index is 952. The molecular formula is C26H34FNO3Si. The summed E-state index contributed by atoms with van der Waals surface area (Å²) in [7, 11) is -1.92. The Labute approximate surface area is 192 Å². The quantitative estimate of drug-likeness (QED) is 0.219. The molecule has 1 atom stereocenters. The Hall–Kier alpha value is -2.44. The third kappa shape index (κ3) is 6.78. The zero-order valence-electron chi connectivity index (χ0n) is 19.8. The Morgan fingerprint density at radius 2 is 1.91 bits per heavy atom. The number of rotatable bonds is 11. The minimum absolute atomic E-state index is 0.00393. The highest BCUT2D eigenvalue weighted by molar-refractivity contribution is 6.74. The minimum Gasteiger partial charge on any atom is -0.411 e. The van der Waals surface area contributed by atoms with E-state index in [1.54, 1.807) is 24.3 Å². The summed E-state index contributed by atoms with van der Waals surface area (Å²) in [6.07, 6.45) is 3.95. The minimum atomic E-state index is -1.92. The number of carbonyl (C=O) groups excluding carboxylic acids is 2. The molecule has 1 aromatic carbocycles. The average molecular weight is 456 g/mol. The number of nitrogens with zero attached hydrogens (tertiary/aromatic N) is 1. The number of hydrogen-bond acceptors (Lipinski definition) is 4. The second-order valence-corrected chi connectivity index (χ2v) is 14.4. The molecule has 32 heavy (non-hydrogen) atoms. The number of pyridine rings is 1. The van der Waals surface area contributed by atoms with E-state index in [4.69, 9.17) is 4.43 Å². The van der Waals surface area contributed by atoms with Crippen molar-refractivity contribution in [2.45, 2.75) is 70.7 Å². The maximum absolute atomic E-state index is 14.5. The molecule has 1 heterocycles. The first kappa shape index (κ1) is 25.8. The number of ketones is 1. The van der Waals surface area contributed by atoms with Gasteiger partial charge in [-0.2, -0.15) is 0 Å². The summed E-state index contributed by atoms with van der Waals surface area (Å²) in [5, 5.41) is 0.0972. The normalized spacial score (nSPS) is 12.9. The number of Topliss-reactive ketones (excluding diaryl/α,β-unsaturated/α-hetero) is 1. The smallest absolute Gasteiger partial charge is 0.192 e. The van der Waals surface area contributed by atoms with Crippen molar-refractivity contribution in [3.63, 3.8) is 0 Å². The van der Waals surface area contributed by atoms with Gasteiger partial charge >= 0.3 is 0 Å². The van der Waals surface area contributed by atoms with Crippen LogP contribution in [0.4, 0.5) is 4.39 Å². The predicted molar refractivity (Wildman–Crippen MR) is 130 cm³/mol. The van der Waals surface area contributed by atoms with E-state index in [1.165, 1.54) is 0 Å². The van der Waals surface area contributed by atoms with Gasteiger partial charge in [0.25, 0.3) is 0 Å². The van der Waals surface area contributed by atoms with Gasteiger partial charge in [-0.25, -0.2) is 9.37 Å². The molecule has 2 aromatic rings. The lowest BCUT2D eigenvalue weighted by Gasteiger charge is -2.38. The summed E-state index contributed by atoms with van der Waals surface area (Å²) in [6, 6.07) is 10.1. The molecule has 172 valence electrons. The average Bonchev–Trinajstić information content (AvgIpc) is 2.73. The first-order chi connectivity index (χ1) is 15.0. The number of aldehydes is 1. The number of benzene rings is 1. The second-order valence-electron chi connectivity index (χ2n) is 9.60. The van der Waals surface area contributed by atoms with Crippen molar-refractivity contribution in [3.8, 4) is 11.3 Å². The van der Waals surface area contributed by atoms with Crippen LogP contribution >= 0.6 is 0 Å². The van der Waals surface area contributed by atoms with Gasteiger partial charge in [0.1, 0.15) is 17.3 Å². The van der Waals surface area contributed by atoms with E-state index in [-0.39, 0.29) is 34.6 Å². The molecule has 0 aliphatic rings. The Morgan fingerprint density at radius 3 is 2.47 bits per heavy atom. The largest absolute Gasteiger partial charge is 0.411 e. The van der Waals surface area contributed by atoms with E-state index in [1.807, 2.05) is 12.1 Å². The van der Waals surface area contributed by atoms with E-state index in [2.05, 4.69) is 45.4 Å². The van der Waals surface area contributed by atoms with Crippen molar-refractivity contribution < 1.29 is 18.4 Å². The van der Waals surface area contributed by atoms with Crippen molar-refractivity contribution in [2.24, 2.45) is 0 Å². The van der Waals surface area contributed by atoms with Crippen LogP contribution < -0.4 is 0 Å². The van der Waals surface area contributed by atoms with Crippen molar-refractivity contribution in [1.82, 2.24) is 4.98 Å². The van der Waals surface area contributed by atoms with Crippen LogP contribution in [0, 0.1) is 5.82 Å². The van der Waals surface area contributed by atoms with Gasteiger partial charge in [0.15, 0.2) is 14.6 Å². The summed E-state index contributed by atoms with van der Waals surface area (Å²) < 4.78 is 20.8. The second kappa shape index (κ2) is 10.9. The number of aromatic nitrogens is 1. The summed E-state index contributed by atoms with van der Waals surface area (Å²) in [5.41, 5.74) is 1.17. The van der Waals surface area contributed by atoms with Crippen LogP contribution in [0.3, 0.4) is 0 Å². The van der Waals surface area contributed by atoms with Crippen LogP contribution in [0.5, 0.6) is 0 Å². The van der Waals surface area contributed by atoms with Gasteiger partial charge in [-0.15, -0.1) is 6.58 Å². The molecule has 0 fully saturated rings. The molecule has 6 heteroatoms. The first-order valence-electron chi connectivity index (χ1n) is 11.0. The van der Waals surface area contributed by atoms with E-state index in [0.29, 0.717) is 36.8 Å². The van der Waals surface area contributed by atoms with Gasteiger partial charge in [0.2, 0.25) is 0 Å². The van der Waals surface area contributed by atoms with Crippen LogP contribution in [-0.4, -0.2) is 31.5 Å². The molecule has 0 spiro atoms. The molecule has 0 saturated heterocycles. The highest BCUT2D eigenvalue weighted by Crippen LogP contribution is 2.37. The molecule has 0 saturated carbocycles. The van der Waals surface area contributed by atoms with Gasteiger partial charge in [0.05, 0.1) is 11.8 Å². The Balaban J connectivity index is 2.03. The van der Waals surface area contributed by atoms with E-state index in [0.717, 1.165) is 6.07 Å². The van der Waals surface area contributed by atoms with E-state index >= 15 is 0 Å². The van der Waals surface area contributed by atoms with Gasteiger partial charge in [-0.3, -0.25) is 9.59 Å². The third-order valence-corrected chi connectivity index (χ3v) is 10.6. The molecule has 0 aliphatic carbocycles. The maximum Gasteiger partial charge on any atom is 0.192 e. The number of hydrogen-bond donors (Lipinski definition) is 0. The highest BCUT2D eigenvalue weighted by atomic mass is 28.4. The molecule has 0 aliphatic heterocycles. The molecule has 0 N–H and O–H groups in total. The monoisotopic (exact) mass is 455 g/mol. The molecule has 1 aromatic heterocycles. The van der Waals surface area contributed by atoms with Gasteiger partial charge in [0, 0.05) is 24.0 Å². The van der Waals surface area contributed by atoms with Crippen molar-refractivity contribution >= 4 is 20.4 Å². The molecule has 0 radical (unpaired) electrons. The standard InChI is InChI=1S/C26H34FNO3Si/c1-7-22(31-32(5,6)26(2,3)4)15-11-14-21(30)17-24-20(18-29)16-23(27)25(28-24)19-12-9-8-10-13-19/h7-10,12-13,16,18,22H,1,11,14-15,17H2,2-6H3. The molecule has 0 bridgehead atoms. The molecule has 0 amide bonds. The molecule has 2 rings (SSSR count). The Morgan fingerprint density at radius 1 is 1.25 bits per heavy atom. The summed E-state index contributed by atoms with van der Waals surface area (Å²) in [5.74, 6) is -0.618. The third-order valence-electron chi connectivity index (χ3n) is 6.09. The maximum atomic E-state index is 14.5. The molecule has 4 nitrogen and oxygen atoms in total. The van der Waals surface area contributed by atoms with E-state index in [9.17, 15) is 14.0 Å². The fourth-order valence-corrected chi connectivity index (χ4v) is 4.46. The lowest BCUT2D eigenvalue weighted by Crippen LogP contribution is -2.43. The fraction of sp³-hybridized carbons (Fsp3) is 0.423. The van der Waals surface area contributed by atoms with Gasteiger partial charge in [-0.1, -0.05) is 57.2 Å². The number of halogens is 1. The van der Waals surface area contributed by atoms with Crippen LogP contribution in [0.15, 0.2) is 49.1 Å². The van der Waals surface area contributed by atoms with E-state index < -0.39 is 14.1 Å². The van der Waals surface area contributed by atoms with Crippen molar-refractivity contribution in [2.75, 3.05) is 0 Å². The number of carbonyl (C=O) groups is 2. The summed E-state index contributed by atoms with van der Waals surface area (Å²) in [4.78, 5) is 28.4. The Kier molecular flexibility index (Phi) is 8.81. The zero-order valence-corrected chi connectivity index (χ0v) is 20.8. The lowest BCUT2D eigenvalue weighted by molar-refractivity contribution is -0.118. The summed E-state index contributed by atoms with van der Waals surface area (Å²) in [6.45, 7) is 14.8. The lowest BCUT2D eigenvalue weighted by atomic mass is 10.0. The van der Waals surface area contributed by atoms with Crippen LogP contribution in [0.2, 0.25) is 18.1 Å². The van der Waals surface area contributed by atoms with Crippen LogP contribution in [0.1, 0.15) is 56.1 Å². The topological polar surface area (TPSA) is 56.3 Å². The highest BCUT2D eigenvalue weighted by Gasteiger charge is 2.38. The predicted octanol–water partition coefficient (Wildman–Crippen LogP) is 6.56. The molecule has 1 unspecified atom stereocenters. The fourth-order valence-electron chi connectivity index (χ4n) is 3.14. The van der Waals surface area contributed by atoms with Gasteiger partial charge in [-0.05, 0) is 37.0 Å². The van der Waals surface area contributed by atoms with Crippen molar-refractivity contribution in [1.29, 1.82) is 0 Å². The molecular weight excluding hydrogens is 421 g/mol. The van der Waals surface area contributed by atoms with Crippen LogP contribution in [0.25, 0.3) is 11.3 Å². The van der Waals surface area contributed by atoms with Crippen molar-refractivity contribution in [3.05, 3.63) is 66.1 Å². The zero-order chi connectivity index (χ0) is 23.9. The SMILES string of the molecule is C=CC(CCCC(=O)Cc1nc(-c2ccccc2)c(F)cc1C=O)O[Si](C)(C)C(C)(C)C. The van der Waals surface area contributed by atoms with Crippen LogP contribution in [-0.2, 0) is 15.6 Å². The first-order valence-corrected chi connectivity index (χ1v) is 13.9. The van der Waals surface area contributed by atoms with Gasteiger partial charge < -0.3 is 4.43 Å².